The van der Waals surface area contributed by atoms with Crippen LogP contribution in [0.5, 0.6) is 5.75 Å². The molecule has 28 heavy (non-hydrogen) atoms. The molecule has 3 aromatic carbocycles. The SMILES string of the molecule is CC(C)(C)c1ccc(C(=O)NNC(=O)COc2ccc3ccccc3c2)cc1. The maximum Gasteiger partial charge on any atom is 0.276 e. The molecule has 0 saturated carbocycles. The minimum atomic E-state index is -0.437. The topological polar surface area (TPSA) is 67.4 Å². The van der Waals surface area contributed by atoms with Crippen molar-refractivity contribution in [3.63, 3.8) is 0 Å². The van der Waals surface area contributed by atoms with Gasteiger partial charge >= 0.3 is 0 Å². The minimum absolute atomic E-state index is 0.0172. The van der Waals surface area contributed by atoms with E-state index < -0.39 is 5.91 Å². The molecule has 144 valence electrons. The highest BCUT2D eigenvalue weighted by molar-refractivity contribution is 5.95. The van der Waals surface area contributed by atoms with Crippen molar-refractivity contribution >= 4 is 22.6 Å². The second-order valence-electron chi connectivity index (χ2n) is 7.63. The number of hydrazine groups is 1. The summed E-state index contributed by atoms with van der Waals surface area (Å²) in [6.45, 7) is 6.13. The molecular formula is C23H24N2O3. The lowest BCUT2D eigenvalue weighted by Crippen LogP contribution is -2.43. The van der Waals surface area contributed by atoms with E-state index in [1.54, 1.807) is 12.1 Å². The molecule has 0 aliphatic heterocycles. The molecule has 0 unspecified atom stereocenters. The molecule has 5 heteroatoms. The average molecular weight is 376 g/mol. The van der Waals surface area contributed by atoms with E-state index in [4.69, 9.17) is 4.74 Å². The first-order chi connectivity index (χ1) is 13.3. The first-order valence-electron chi connectivity index (χ1n) is 9.14. The van der Waals surface area contributed by atoms with Gasteiger partial charge in [-0.25, -0.2) is 0 Å². The van der Waals surface area contributed by atoms with Crippen molar-refractivity contribution in [1.29, 1.82) is 0 Å². The summed E-state index contributed by atoms with van der Waals surface area (Å²) in [7, 11) is 0. The number of nitrogens with one attached hydrogen (secondary N) is 2. The molecule has 0 bridgehead atoms. The molecule has 0 saturated heterocycles. The van der Waals surface area contributed by atoms with Gasteiger partial charge < -0.3 is 4.74 Å². The molecule has 5 nitrogen and oxygen atoms in total. The van der Waals surface area contributed by atoms with Crippen LogP contribution in [0.15, 0.2) is 66.7 Å². The standard InChI is InChI=1S/C23H24N2O3/c1-23(2,3)19-11-8-17(9-12-19)22(27)25-24-21(26)15-28-20-13-10-16-6-4-5-7-18(16)14-20/h4-14H,15H2,1-3H3,(H,24,26)(H,25,27). The van der Waals surface area contributed by atoms with Crippen molar-refractivity contribution in [3.8, 4) is 5.75 Å². The predicted molar refractivity (Wildman–Crippen MR) is 110 cm³/mol. The van der Waals surface area contributed by atoms with Crippen LogP contribution in [0.3, 0.4) is 0 Å². The highest BCUT2D eigenvalue weighted by Gasteiger charge is 2.14. The summed E-state index contributed by atoms with van der Waals surface area (Å²) < 4.78 is 5.50. The maximum atomic E-state index is 12.2. The van der Waals surface area contributed by atoms with Gasteiger partial charge in [-0.2, -0.15) is 0 Å². The van der Waals surface area contributed by atoms with Gasteiger partial charge in [-0.05, 0) is 46.0 Å². The minimum Gasteiger partial charge on any atom is -0.484 e. The third kappa shape index (κ3) is 4.88. The van der Waals surface area contributed by atoms with Crippen LogP contribution in [-0.4, -0.2) is 18.4 Å². The summed E-state index contributed by atoms with van der Waals surface area (Å²) in [5.74, 6) is -0.217. The molecule has 0 aliphatic carbocycles. The van der Waals surface area contributed by atoms with Crippen LogP contribution in [0.25, 0.3) is 10.8 Å². The number of hydrogen-bond acceptors (Lipinski definition) is 3. The van der Waals surface area contributed by atoms with E-state index in [9.17, 15) is 9.59 Å². The number of carbonyl (C=O) groups is 2. The van der Waals surface area contributed by atoms with Gasteiger partial charge in [-0.3, -0.25) is 20.4 Å². The number of amides is 2. The van der Waals surface area contributed by atoms with Crippen LogP contribution in [-0.2, 0) is 10.2 Å². The fourth-order valence-corrected chi connectivity index (χ4v) is 2.76. The largest absolute Gasteiger partial charge is 0.484 e. The van der Waals surface area contributed by atoms with Crippen LogP contribution in [0.4, 0.5) is 0 Å². The first-order valence-corrected chi connectivity index (χ1v) is 9.14. The first kappa shape index (κ1) is 19.4. The van der Waals surface area contributed by atoms with Gasteiger partial charge in [0.25, 0.3) is 11.8 Å². The smallest absolute Gasteiger partial charge is 0.276 e. The summed E-state index contributed by atoms with van der Waals surface area (Å²) in [6.07, 6.45) is 0. The van der Waals surface area contributed by atoms with Gasteiger partial charge in [-0.1, -0.05) is 63.2 Å². The Morgan fingerprint density at radius 1 is 0.857 bits per heavy atom. The average Bonchev–Trinajstić information content (AvgIpc) is 2.69. The van der Waals surface area contributed by atoms with Gasteiger partial charge in [0.2, 0.25) is 0 Å². The number of ether oxygens (including phenoxy) is 1. The second-order valence-corrected chi connectivity index (χ2v) is 7.63. The van der Waals surface area contributed by atoms with Crippen molar-refractivity contribution in [2.24, 2.45) is 0 Å². The van der Waals surface area contributed by atoms with Crippen molar-refractivity contribution in [2.45, 2.75) is 26.2 Å². The predicted octanol–water partition coefficient (Wildman–Crippen LogP) is 3.98. The molecular weight excluding hydrogens is 352 g/mol. The molecule has 0 radical (unpaired) electrons. The summed E-state index contributed by atoms with van der Waals surface area (Å²) in [5, 5.41) is 2.14. The van der Waals surface area contributed by atoms with E-state index >= 15 is 0 Å². The zero-order chi connectivity index (χ0) is 20.1. The van der Waals surface area contributed by atoms with E-state index in [-0.39, 0.29) is 17.9 Å². The fraction of sp³-hybridized carbons (Fsp3) is 0.217. The summed E-state index contributed by atoms with van der Waals surface area (Å²) >= 11 is 0. The lowest BCUT2D eigenvalue weighted by Gasteiger charge is -2.19. The Bertz CT molecular complexity index is 989. The Morgan fingerprint density at radius 2 is 1.54 bits per heavy atom. The number of benzene rings is 3. The molecule has 3 rings (SSSR count). The van der Waals surface area contributed by atoms with Crippen molar-refractivity contribution in [2.75, 3.05) is 6.61 Å². The molecule has 0 aromatic heterocycles. The number of carbonyl (C=O) groups excluding carboxylic acids is 2. The Kier molecular flexibility index (Phi) is 5.64. The van der Waals surface area contributed by atoms with Gasteiger partial charge in [0.15, 0.2) is 6.61 Å². The van der Waals surface area contributed by atoms with E-state index in [0.717, 1.165) is 16.3 Å². The van der Waals surface area contributed by atoms with Gasteiger partial charge in [-0.15, -0.1) is 0 Å². The Hall–Kier alpha value is -3.34. The number of fused-ring (bicyclic) bond motifs is 1. The Balaban J connectivity index is 1.50. The highest BCUT2D eigenvalue weighted by Crippen LogP contribution is 2.22. The van der Waals surface area contributed by atoms with Crippen molar-refractivity contribution in [3.05, 3.63) is 77.9 Å². The van der Waals surface area contributed by atoms with Crippen molar-refractivity contribution < 1.29 is 14.3 Å². The molecule has 0 spiro atoms. The van der Waals surface area contributed by atoms with E-state index in [2.05, 4.69) is 31.6 Å². The lowest BCUT2D eigenvalue weighted by atomic mass is 9.87. The molecule has 0 atom stereocenters. The number of rotatable bonds is 4. The van der Waals surface area contributed by atoms with Gasteiger partial charge in [0.05, 0.1) is 0 Å². The van der Waals surface area contributed by atoms with Crippen LogP contribution in [0.1, 0.15) is 36.7 Å². The third-order valence-electron chi connectivity index (χ3n) is 4.42. The van der Waals surface area contributed by atoms with Gasteiger partial charge in [0.1, 0.15) is 5.75 Å². The summed E-state index contributed by atoms with van der Waals surface area (Å²) in [6, 6.07) is 20.8. The van der Waals surface area contributed by atoms with E-state index in [0.29, 0.717) is 11.3 Å². The Labute approximate surface area is 164 Å². The van der Waals surface area contributed by atoms with E-state index in [1.165, 1.54) is 0 Å². The zero-order valence-electron chi connectivity index (χ0n) is 16.3. The summed E-state index contributed by atoms with van der Waals surface area (Å²) in [5.41, 5.74) is 6.40. The second kappa shape index (κ2) is 8.13. The molecule has 0 heterocycles. The van der Waals surface area contributed by atoms with E-state index in [1.807, 2.05) is 54.6 Å². The van der Waals surface area contributed by atoms with Crippen LogP contribution < -0.4 is 15.6 Å². The molecule has 0 aliphatic rings. The molecule has 3 aromatic rings. The molecule has 0 fully saturated rings. The summed E-state index contributed by atoms with van der Waals surface area (Å²) in [4.78, 5) is 24.1. The highest BCUT2D eigenvalue weighted by atomic mass is 16.5. The molecule has 2 N–H and O–H groups in total. The number of hydrogen-bond donors (Lipinski definition) is 2. The van der Waals surface area contributed by atoms with Crippen molar-refractivity contribution in [1.82, 2.24) is 10.9 Å². The quantitative estimate of drug-likeness (QED) is 0.677. The fourth-order valence-electron chi connectivity index (χ4n) is 2.76. The third-order valence-corrected chi connectivity index (χ3v) is 4.42. The zero-order valence-corrected chi connectivity index (χ0v) is 16.3. The monoisotopic (exact) mass is 376 g/mol. The van der Waals surface area contributed by atoms with Crippen LogP contribution in [0.2, 0.25) is 0 Å². The van der Waals surface area contributed by atoms with Crippen LogP contribution in [0, 0.1) is 0 Å². The lowest BCUT2D eigenvalue weighted by molar-refractivity contribution is -0.123. The van der Waals surface area contributed by atoms with Gasteiger partial charge in [0, 0.05) is 5.56 Å². The normalized spacial score (nSPS) is 11.1. The Morgan fingerprint density at radius 3 is 2.21 bits per heavy atom. The maximum absolute atomic E-state index is 12.2. The molecule has 2 amide bonds. The van der Waals surface area contributed by atoms with Crippen LogP contribution >= 0.6 is 0 Å².